The number of carbonyl (C=O) groups is 3. The largest absolute Gasteiger partial charge is 0.478 e. The van der Waals surface area contributed by atoms with Gasteiger partial charge in [0.25, 0.3) is 5.91 Å². The van der Waals surface area contributed by atoms with Crippen molar-refractivity contribution in [2.24, 2.45) is 11.7 Å². The molecule has 0 unspecified atom stereocenters. The SMILES string of the molecule is NC(=O)c1ccc(NC(=O)N2CCN(C(=O)c3ccc(OCCC4CCCCC4)nc3)CC2)nc1. The molecule has 2 aliphatic rings. The molecule has 35 heavy (non-hydrogen) atoms. The number of carbonyl (C=O) groups excluding carboxylic acids is 3. The second kappa shape index (κ2) is 11.6. The van der Waals surface area contributed by atoms with E-state index in [4.69, 9.17) is 10.5 Å². The topological polar surface area (TPSA) is 131 Å². The maximum Gasteiger partial charge on any atom is 0.323 e. The van der Waals surface area contributed by atoms with E-state index in [-0.39, 0.29) is 17.5 Å². The molecule has 4 rings (SSSR count). The van der Waals surface area contributed by atoms with Crippen LogP contribution in [0.25, 0.3) is 0 Å². The predicted molar refractivity (Wildman–Crippen MR) is 130 cm³/mol. The number of hydrogen-bond acceptors (Lipinski definition) is 6. The summed E-state index contributed by atoms with van der Waals surface area (Å²) >= 11 is 0. The number of piperazine rings is 1. The van der Waals surface area contributed by atoms with Crippen LogP contribution in [0, 0.1) is 5.92 Å². The van der Waals surface area contributed by atoms with Crippen molar-refractivity contribution in [3.63, 3.8) is 0 Å². The van der Waals surface area contributed by atoms with Crippen LogP contribution in [0.4, 0.5) is 10.6 Å². The van der Waals surface area contributed by atoms with Gasteiger partial charge in [-0.3, -0.25) is 14.9 Å². The van der Waals surface area contributed by atoms with Gasteiger partial charge in [-0.25, -0.2) is 14.8 Å². The van der Waals surface area contributed by atoms with Crippen molar-refractivity contribution in [2.75, 3.05) is 38.1 Å². The number of primary amides is 1. The highest BCUT2D eigenvalue weighted by Crippen LogP contribution is 2.26. The predicted octanol–water partition coefficient (Wildman–Crippen LogP) is 2.91. The molecule has 0 aromatic carbocycles. The molecular formula is C25H32N6O4. The number of pyridine rings is 2. The van der Waals surface area contributed by atoms with Crippen LogP contribution < -0.4 is 15.8 Å². The third-order valence-corrected chi connectivity index (χ3v) is 6.62. The zero-order valence-corrected chi connectivity index (χ0v) is 19.8. The van der Waals surface area contributed by atoms with E-state index in [1.165, 1.54) is 50.4 Å². The number of anilines is 1. The average molecular weight is 481 g/mol. The van der Waals surface area contributed by atoms with Crippen LogP contribution in [-0.2, 0) is 0 Å². The fourth-order valence-corrected chi connectivity index (χ4v) is 4.50. The lowest BCUT2D eigenvalue weighted by molar-refractivity contribution is 0.0671. The Hall–Kier alpha value is -3.69. The smallest absolute Gasteiger partial charge is 0.323 e. The lowest BCUT2D eigenvalue weighted by atomic mass is 9.87. The molecule has 186 valence electrons. The molecule has 2 aromatic rings. The monoisotopic (exact) mass is 480 g/mol. The van der Waals surface area contributed by atoms with Gasteiger partial charge in [-0.1, -0.05) is 32.1 Å². The van der Waals surface area contributed by atoms with Crippen LogP contribution in [0.15, 0.2) is 36.7 Å². The Morgan fingerprint density at radius 2 is 1.60 bits per heavy atom. The molecule has 1 saturated heterocycles. The van der Waals surface area contributed by atoms with Crippen LogP contribution in [0.5, 0.6) is 5.88 Å². The molecule has 0 spiro atoms. The van der Waals surface area contributed by atoms with E-state index in [0.717, 1.165) is 12.3 Å². The molecule has 10 heteroatoms. The van der Waals surface area contributed by atoms with Crippen molar-refractivity contribution in [3.05, 3.63) is 47.8 Å². The molecule has 1 saturated carbocycles. The number of urea groups is 1. The second-order valence-electron chi connectivity index (χ2n) is 9.03. The van der Waals surface area contributed by atoms with Gasteiger partial charge in [-0.05, 0) is 30.5 Å². The number of amides is 4. The first-order valence-corrected chi connectivity index (χ1v) is 12.2. The van der Waals surface area contributed by atoms with E-state index in [0.29, 0.717) is 50.0 Å². The van der Waals surface area contributed by atoms with Gasteiger partial charge in [-0.2, -0.15) is 0 Å². The molecule has 0 bridgehead atoms. The normalized spacial score (nSPS) is 16.6. The van der Waals surface area contributed by atoms with Crippen molar-refractivity contribution in [2.45, 2.75) is 38.5 Å². The van der Waals surface area contributed by atoms with Crippen LogP contribution in [0.2, 0.25) is 0 Å². The highest BCUT2D eigenvalue weighted by molar-refractivity contribution is 5.95. The van der Waals surface area contributed by atoms with Crippen LogP contribution in [-0.4, -0.2) is 70.4 Å². The van der Waals surface area contributed by atoms with Gasteiger partial charge < -0.3 is 20.3 Å². The molecule has 3 heterocycles. The number of nitrogens with two attached hydrogens (primary N) is 1. The third-order valence-electron chi connectivity index (χ3n) is 6.62. The summed E-state index contributed by atoms with van der Waals surface area (Å²) in [4.78, 5) is 48.2. The molecular weight excluding hydrogens is 448 g/mol. The summed E-state index contributed by atoms with van der Waals surface area (Å²) in [6.07, 6.45) is 10.5. The molecule has 4 amide bonds. The number of ether oxygens (including phenoxy) is 1. The molecule has 0 atom stereocenters. The molecule has 2 fully saturated rings. The highest BCUT2D eigenvalue weighted by atomic mass is 16.5. The van der Waals surface area contributed by atoms with Gasteiger partial charge in [0, 0.05) is 44.6 Å². The molecule has 0 radical (unpaired) electrons. The lowest BCUT2D eigenvalue weighted by Crippen LogP contribution is -2.51. The first-order chi connectivity index (χ1) is 17.0. The van der Waals surface area contributed by atoms with E-state index >= 15 is 0 Å². The van der Waals surface area contributed by atoms with E-state index in [1.807, 2.05) is 0 Å². The Morgan fingerprint density at radius 1 is 0.914 bits per heavy atom. The number of nitrogens with one attached hydrogen (secondary N) is 1. The maximum absolute atomic E-state index is 12.9. The van der Waals surface area contributed by atoms with Crippen molar-refractivity contribution in [3.8, 4) is 5.88 Å². The summed E-state index contributed by atoms with van der Waals surface area (Å²) in [5, 5.41) is 2.69. The minimum absolute atomic E-state index is 0.116. The first kappa shape index (κ1) is 24.4. The quantitative estimate of drug-likeness (QED) is 0.627. The molecule has 10 nitrogen and oxygen atoms in total. The van der Waals surface area contributed by atoms with Crippen LogP contribution in [0.1, 0.15) is 59.2 Å². The van der Waals surface area contributed by atoms with Gasteiger partial charge in [0.2, 0.25) is 11.8 Å². The Bertz CT molecular complexity index is 1010. The highest BCUT2D eigenvalue weighted by Gasteiger charge is 2.25. The van der Waals surface area contributed by atoms with Crippen molar-refractivity contribution < 1.29 is 19.1 Å². The van der Waals surface area contributed by atoms with Crippen LogP contribution >= 0.6 is 0 Å². The van der Waals surface area contributed by atoms with Gasteiger partial charge in [0.1, 0.15) is 5.82 Å². The number of aromatic nitrogens is 2. The van der Waals surface area contributed by atoms with Crippen molar-refractivity contribution in [1.29, 1.82) is 0 Å². The van der Waals surface area contributed by atoms with E-state index in [2.05, 4.69) is 15.3 Å². The van der Waals surface area contributed by atoms with E-state index < -0.39 is 5.91 Å². The Kier molecular flexibility index (Phi) is 8.12. The molecule has 1 aliphatic heterocycles. The summed E-state index contributed by atoms with van der Waals surface area (Å²) in [5.41, 5.74) is 5.97. The number of rotatable bonds is 7. The third kappa shape index (κ3) is 6.68. The Balaban J connectivity index is 1.21. The Labute approximate surface area is 204 Å². The maximum atomic E-state index is 12.9. The van der Waals surface area contributed by atoms with Crippen molar-refractivity contribution in [1.82, 2.24) is 19.8 Å². The number of nitrogens with zero attached hydrogens (tertiary/aromatic N) is 4. The lowest BCUT2D eigenvalue weighted by Gasteiger charge is -2.34. The molecule has 2 aromatic heterocycles. The van der Waals surface area contributed by atoms with Crippen LogP contribution in [0.3, 0.4) is 0 Å². The summed E-state index contributed by atoms with van der Waals surface area (Å²) < 4.78 is 5.78. The average Bonchev–Trinajstić information content (AvgIpc) is 2.90. The Morgan fingerprint density at radius 3 is 2.23 bits per heavy atom. The van der Waals surface area contributed by atoms with Crippen molar-refractivity contribution >= 4 is 23.7 Å². The summed E-state index contributed by atoms with van der Waals surface area (Å²) in [6.45, 7) is 2.28. The minimum atomic E-state index is -0.580. The summed E-state index contributed by atoms with van der Waals surface area (Å²) in [5.74, 6) is 0.921. The fraction of sp³-hybridized carbons (Fsp3) is 0.480. The summed E-state index contributed by atoms with van der Waals surface area (Å²) in [6, 6.07) is 6.20. The molecule has 1 aliphatic carbocycles. The minimum Gasteiger partial charge on any atom is -0.478 e. The first-order valence-electron chi connectivity index (χ1n) is 12.2. The molecule has 3 N–H and O–H groups in total. The zero-order chi connectivity index (χ0) is 24.6. The standard InChI is InChI=1S/C25H32N6O4/c26-23(32)19-6-8-21(27-16-19)29-25(34)31-13-11-30(12-14-31)24(33)20-7-9-22(28-17-20)35-15-10-18-4-2-1-3-5-18/h6-9,16-18H,1-5,10-15H2,(H2,26,32)(H,27,29,34). The summed E-state index contributed by atoms with van der Waals surface area (Å²) in [7, 11) is 0. The zero-order valence-electron chi connectivity index (χ0n) is 19.8. The van der Waals surface area contributed by atoms with Gasteiger partial charge in [-0.15, -0.1) is 0 Å². The fourth-order valence-electron chi connectivity index (χ4n) is 4.50. The van der Waals surface area contributed by atoms with Gasteiger partial charge in [0.15, 0.2) is 0 Å². The van der Waals surface area contributed by atoms with Gasteiger partial charge >= 0.3 is 6.03 Å². The van der Waals surface area contributed by atoms with E-state index in [1.54, 1.807) is 28.1 Å². The van der Waals surface area contributed by atoms with E-state index in [9.17, 15) is 14.4 Å². The number of hydrogen-bond donors (Lipinski definition) is 2. The van der Waals surface area contributed by atoms with Gasteiger partial charge in [0.05, 0.1) is 17.7 Å². The second-order valence-corrected chi connectivity index (χ2v) is 9.03.